The third-order valence-corrected chi connectivity index (χ3v) is 5.08. The van der Waals surface area contributed by atoms with Crippen molar-refractivity contribution in [2.24, 2.45) is 5.10 Å². The highest BCUT2D eigenvalue weighted by Crippen LogP contribution is 2.26. The molecule has 0 saturated heterocycles. The zero-order chi connectivity index (χ0) is 19.3. The average Bonchev–Trinajstić information content (AvgIpc) is 2.67. The Morgan fingerprint density at radius 2 is 1.70 bits per heavy atom. The van der Waals surface area contributed by atoms with Crippen molar-refractivity contribution in [3.8, 4) is 5.75 Å². The first kappa shape index (κ1) is 21.8. The largest absolute Gasteiger partial charge is 0.492 e. The van der Waals surface area contributed by atoms with Gasteiger partial charge in [-0.25, -0.2) is 0 Å². The summed E-state index contributed by atoms with van der Waals surface area (Å²) in [6, 6.07) is 13.4. The lowest BCUT2D eigenvalue weighted by atomic mass is 10.1. The fourth-order valence-electron chi connectivity index (χ4n) is 2.66. The van der Waals surface area contributed by atoms with Gasteiger partial charge in [0.1, 0.15) is 5.75 Å². The van der Waals surface area contributed by atoms with Crippen LogP contribution < -0.4 is 10.2 Å². The SMILES string of the molecule is CCCCCCCCCOc1ccc(/C=N/Nc2ccc(Cl)cc2)cc1Br. The number of rotatable bonds is 12. The smallest absolute Gasteiger partial charge is 0.133 e. The molecule has 2 rings (SSSR count). The summed E-state index contributed by atoms with van der Waals surface area (Å²) < 4.78 is 6.83. The molecule has 1 N–H and O–H groups in total. The molecule has 146 valence electrons. The van der Waals surface area contributed by atoms with Crippen LogP contribution >= 0.6 is 27.5 Å². The molecule has 0 spiro atoms. The number of halogens is 2. The van der Waals surface area contributed by atoms with Gasteiger partial charge in [0.05, 0.1) is 23.0 Å². The van der Waals surface area contributed by atoms with Gasteiger partial charge in [0, 0.05) is 5.02 Å². The van der Waals surface area contributed by atoms with E-state index >= 15 is 0 Å². The van der Waals surface area contributed by atoms with E-state index in [0.29, 0.717) is 5.02 Å². The van der Waals surface area contributed by atoms with Gasteiger partial charge in [-0.15, -0.1) is 0 Å². The quantitative estimate of drug-likeness (QED) is 0.204. The maximum atomic E-state index is 5.88. The summed E-state index contributed by atoms with van der Waals surface area (Å²) in [4.78, 5) is 0. The molecule has 0 fully saturated rings. The predicted octanol–water partition coefficient (Wildman–Crippen LogP) is 7.68. The molecule has 0 aliphatic carbocycles. The Kier molecular flexibility index (Phi) is 10.3. The molecule has 0 amide bonds. The van der Waals surface area contributed by atoms with Crippen molar-refractivity contribution >= 4 is 39.4 Å². The highest BCUT2D eigenvalue weighted by atomic mass is 79.9. The lowest BCUT2D eigenvalue weighted by Gasteiger charge is -2.09. The Morgan fingerprint density at radius 1 is 1.00 bits per heavy atom. The van der Waals surface area contributed by atoms with Gasteiger partial charge < -0.3 is 4.74 Å². The summed E-state index contributed by atoms with van der Waals surface area (Å²) >= 11 is 9.45. The molecular weight excluding hydrogens is 424 g/mol. The van der Waals surface area contributed by atoms with Crippen molar-refractivity contribution in [2.75, 3.05) is 12.0 Å². The Balaban J connectivity index is 1.71. The third kappa shape index (κ3) is 8.81. The Morgan fingerprint density at radius 3 is 2.41 bits per heavy atom. The highest BCUT2D eigenvalue weighted by molar-refractivity contribution is 9.10. The number of ether oxygens (including phenoxy) is 1. The van der Waals surface area contributed by atoms with Crippen LogP contribution in [0.1, 0.15) is 57.4 Å². The predicted molar refractivity (Wildman–Crippen MR) is 120 cm³/mol. The van der Waals surface area contributed by atoms with Gasteiger partial charge in [-0.05, 0) is 70.4 Å². The molecule has 0 aromatic heterocycles. The van der Waals surface area contributed by atoms with Crippen LogP contribution in [-0.2, 0) is 0 Å². The summed E-state index contributed by atoms with van der Waals surface area (Å²) in [5.41, 5.74) is 4.87. The van der Waals surface area contributed by atoms with Crippen molar-refractivity contribution in [1.82, 2.24) is 0 Å². The molecule has 27 heavy (non-hydrogen) atoms. The Labute approximate surface area is 176 Å². The molecular formula is C22H28BrClN2O. The molecule has 0 radical (unpaired) electrons. The topological polar surface area (TPSA) is 33.6 Å². The van der Waals surface area contributed by atoms with Crippen LogP contribution in [0.2, 0.25) is 5.02 Å². The minimum absolute atomic E-state index is 0.709. The number of unbranched alkanes of at least 4 members (excludes halogenated alkanes) is 6. The first-order valence-corrected chi connectivity index (χ1v) is 10.8. The van der Waals surface area contributed by atoms with Crippen LogP contribution in [0.15, 0.2) is 52.0 Å². The monoisotopic (exact) mass is 450 g/mol. The van der Waals surface area contributed by atoms with Gasteiger partial charge in [0.15, 0.2) is 0 Å². The lowest BCUT2D eigenvalue weighted by molar-refractivity contribution is 0.302. The van der Waals surface area contributed by atoms with Crippen LogP contribution in [0.3, 0.4) is 0 Å². The number of hydrogen-bond acceptors (Lipinski definition) is 3. The lowest BCUT2D eigenvalue weighted by Crippen LogP contribution is -1.98. The van der Waals surface area contributed by atoms with E-state index in [4.69, 9.17) is 16.3 Å². The normalized spacial score (nSPS) is 11.1. The van der Waals surface area contributed by atoms with Crippen molar-refractivity contribution in [3.05, 3.63) is 57.5 Å². The van der Waals surface area contributed by atoms with Crippen molar-refractivity contribution in [1.29, 1.82) is 0 Å². The van der Waals surface area contributed by atoms with E-state index < -0.39 is 0 Å². The van der Waals surface area contributed by atoms with Gasteiger partial charge in [-0.3, -0.25) is 5.43 Å². The molecule has 0 unspecified atom stereocenters. The van der Waals surface area contributed by atoms with Gasteiger partial charge >= 0.3 is 0 Å². The second-order valence-electron chi connectivity index (χ2n) is 6.54. The van der Waals surface area contributed by atoms with E-state index in [2.05, 4.69) is 33.4 Å². The van der Waals surface area contributed by atoms with Crippen LogP contribution in [0.4, 0.5) is 5.69 Å². The van der Waals surface area contributed by atoms with Gasteiger partial charge in [-0.2, -0.15) is 5.10 Å². The van der Waals surface area contributed by atoms with Gasteiger partial charge in [0.25, 0.3) is 0 Å². The summed E-state index contributed by atoms with van der Waals surface area (Å²) in [6.45, 7) is 3.01. The van der Waals surface area contributed by atoms with E-state index in [1.807, 2.05) is 42.5 Å². The van der Waals surface area contributed by atoms with E-state index in [9.17, 15) is 0 Å². The van der Waals surface area contributed by atoms with Gasteiger partial charge in [0.2, 0.25) is 0 Å². The molecule has 0 atom stereocenters. The van der Waals surface area contributed by atoms with Crippen LogP contribution in [0.5, 0.6) is 5.75 Å². The molecule has 0 heterocycles. The zero-order valence-corrected chi connectivity index (χ0v) is 18.2. The van der Waals surface area contributed by atoms with E-state index in [-0.39, 0.29) is 0 Å². The summed E-state index contributed by atoms with van der Waals surface area (Å²) in [6.07, 6.45) is 10.8. The molecule has 0 aliphatic heterocycles. The summed E-state index contributed by atoms with van der Waals surface area (Å²) in [7, 11) is 0. The fraction of sp³-hybridized carbons (Fsp3) is 0.409. The summed E-state index contributed by atoms with van der Waals surface area (Å²) in [5.74, 6) is 0.879. The van der Waals surface area contributed by atoms with Crippen LogP contribution in [-0.4, -0.2) is 12.8 Å². The molecule has 0 saturated carbocycles. The Bertz CT molecular complexity index is 704. The summed E-state index contributed by atoms with van der Waals surface area (Å²) in [5, 5.41) is 4.96. The standard InChI is InChI=1S/C22H28BrClN2O/c1-2-3-4-5-6-7-8-15-27-22-14-9-18(16-21(22)23)17-25-26-20-12-10-19(24)11-13-20/h9-14,16-17,26H,2-8,15H2,1H3/b25-17+. The van der Waals surface area contributed by atoms with E-state index in [1.165, 1.54) is 38.5 Å². The first-order valence-electron chi connectivity index (χ1n) is 9.66. The zero-order valence-electron chi connectivity index (χ0n) is 15.9. The van der Waals surface area contributed by atoms with E-state index in [0.717, 1.165) is 34.5 Å². The molecule has 2 aromatic rings. The molecule has 2 aromatic carbocycles. The molecule has 0 aliphatic rings. The highest BCUT2D eigenvalue weighted by Gasteiger charge is 2.02. The van der Waals surface area contributed by atoms with Crippen molar-refractivity contribution in [2.45, 2.75) is 51.9 Å². The minimum atomic E-state index is 0.709. The first-order chi connectivity index (χ1) is 13.2. The molecule has 0 bridgehead atoms. The second kappa shape index (κ2) is 12.8. The number of hydrazone groups is 1. The maximum Gasteiger partial charge on any atom is 0.133 e. The second-order valence-corrected chi connectivity index (χ2v) is 7.83. The maximum absolute atomic E-state index is 5.88. The number of hydrogen-bond donors (Lipinski definition) is 1. The number of anilines is 1. The minimum Gasteiger partial charge on any atom is -0.492 e. The average molecular weight is 452 g/mol. The number of benzene rings is 2. The van der Waals surface area contributed by atoms with Gasteiger partial charge in [-0.1, -0.05) is 57.0 Å². The van der Waals surface area contributed by atoms with Crippen molar-refractivity contribution in [3.63, 3.8) is 0 Å². The van der Waals surface area contributed by atoms with Crippen LogP contribution in [0.25, 0.3) is 0 Å². The third-order valence-electron chi connectivity index (χ3n) is 4.21. The number of nitrogens with one attached hydrogen (secondary N) is 1. The molecule has 5 heteroatoms. The Hall–Kier alpha value is -1.52. The molecule has 3 nitrogen and oxygen atoms in total. The van der Waals surface area contributed by atoms with Crippen molar-refractivity contribution < 1.29 is 4.74 Å². The van der Waals surface area contributed by atoms with Crippen LogP contribution in [0, 0.1) is 0 Å². The fourth-order valence-corrected chi connectivity index (χ4v) is 3.30. The van der Waals surface area contributed by atoms with E-state index in [1.54, 1.807) is 6.21 Å². The number of nitrogens with zero attached hydrogens (tertiary/aromatic N) is 1.